The Bertz CT molecular complexity index is 498. The van der Waals surface area contributed by atoms with Crippen molar-refractivity contribution in [2.75, 3.05) is 0 Å². The van der Waals surface area contributed by atoms with Crippen molar-refractivity contribution in [1.29, 1.82) is 0 Å². The first-order valence-electron chi connectivity index (χ1n) is 6.44. The van der Waals surface area contributed by atoms with Crippen LogP contribution in [0.25, 0.3) is 0 Å². The fraction of sp³-hybridized carbons (Fsp3) is 0.429. The molecule has 19 heavy (non-hydrogen) atoms. The molecule has 1 aromatic rings. The molecular formula is C14H17BrN2OS. The van der Waals surface area contributed by atoms with Crippen molar-refractivity contribution >= 4 is 39.2 Å². The van der Waals surface area contributed by atoms with Gasteiger partial charge in [-0.25, -0.2) is 0 Å². The first-order chi connectivity index (χ1) is 9.06. The van der Waals surface area contributed by atoms with Gasteiger partial charge in [0.25, 0.3) is 5.91 Å². The first kappa shape index (κ1) is 14.5. The zero-order valence-corrected chi connectivity index (χ0v) is 13.2. The normalized spacial score (nSPS) is 15.3. The lowest BCUT2D eigenvalue weighted by molar-refractivity contribution is 0.0976. The highest BCUT2D eigenvalue weighted by molar-refractivity contribution is 9.10. The minimum absolute atomic E-state index is 0.170. The molecule has 3 nitrogen and oxygen atoms in total. The summed E-state index contributed by atoms with van der Waals surface area (Å²) in [5.74, 6) is -0.170. The molecule has 0 saturated heterocycles. The van der Waals surface area contributed by atoms with Gasteiger partial charge < -0.3 is 5.32 Å². The van der Waals surface area contributed by atoms with Gasteiger partial charge in [0.15, 0.2) is 5.11 Å². The summed E-state index contributed by atoms with van der Waals surface area (Å²) in [6, 6.07) is 5.93. The van der Waals surface area contributed by atoms with E-state index in [2.05, 4.69) is 26.6 Å². The molecule has 0 unspecified atom stereocenters. The second-order valence-corrected chi connectivity index (χ2v) is 6.14. The average molecular weight is 341 g/mol. The molecule has 0 heterocycles. The molecule has 0 aromatic heterocycles. The molecule has 5 heteroatoms. The van der Waals surface area contributed by atoms with E-state index in [4.69, 9.17) is 12.2 Å². The van der Waals surface area contributed by atoms with Crippen LogP contribution in [0.2, 0.25) is 0 Å². The minimum Gasteiger partial charge on any atom is -0.360 e. The van der Waals surface area contributed by atoms with Gasteiger partial charge in [-0.15, -0.1) is 0 Å². The quantitative estimate of drug-likeness (QED) is 0.811. The molecule has 1 aliphatic rings. The van der Waals surface area contributed by atoms with Crippen molar-refractivity contribution in [1.82, 2.24) is 10.6 Å². The highest BCUT2D eigenvalue weighted by atomic mass is 79.9. The zero-order chi connectivity index (χ0) is 13.8. The largest absolute Gasteiger partial charge is 0.360 e. The Morgan fingerprint density at radius 3 is 2.68 bits per heavy atom. The lowest BCUT2D eigenvalue weighted by Gasteiger charge is -2.15. The van der Waals surface area contributed by atoms with Crippen LogP contribution in [0.15, 0.2) is 22.7 Å². The summed E-state index contributed by atoms with van der Waals surface area (Å²) in [4.78, 5) is 12.0. The van der Waals surface area contributed by atoms with Crippen LogP contribution in [0.3, 0.4) is 0 Å². The second kappa shape index (κ2) is 6.48. The van der Waals surface area contributed by atoms with E-state index in [9.17, 15) is 4.79 Å². The molecule has 0 radical (unpaired) electrons. The van der Waals surface area contributed by atoms with Crippen LogP contribution < -0.4 is 10.6 Å². The Morgan fingerprint density at radius 1 is 1.37 bits per heavy atom. The highest BCUT2D eigenvalue weighted by Crippen LogP contribution is 2.18. The van der Waals surface area contributed by atoms with Crippen molar-refractivity contribution in [3.05, 3.63) is 33.8 Å². The van der Waals surface area contributed by atoms with Gasteiger partial charge in [0, 0.05) is 16.1 Å². The Hall–Kier alpha value is -0.940. The number of carbonyl (C=O) groups excluding carboxylic acids is 1. The predicted molar refractivity (Wildman–Crippen MR) is 84.3 cm³/mol. The molecule has 2 rings (SSSR count). The summed E-state index contributed by atoms with van der Waals surface area (Å²) >= 11 is 8.59. The second-order valence-electron chi connectivity index (χ2n) is 4.87. The van der Waals surface area contributed by atoms with E-state index in [0.717, 1.165) is 22.9 Å². The third-order valence-electron chi connectivity index (χ3n) is 3.35. The van der Waals surface area contributed by atoms with E-state index < -0.39 is 0 Å². The van der Waals surface area contributed by atoms with E-state index in [0.29, 0.717) is 16.7 Å². The Kier molecular flexibility index (Phi) is 4.93. The summed E-state index contributed by atoms with van der Waals surface area (Å²) in [6.45, 7) is 1.98. The number of aryl methyl sites for hydroxylation is 1. The van der Waals surface area contributed by atoms with E-state index in [-0.39, 0.29) is 5.91 Å². The Balaban J connectivity index is 1.92. The molecule has 1 aromatic carbocycles. The lowest BCUT2D eigenvalue weighted by Crippen LogP contribution is -2.43. The van der Waals surface area contributed by atoms with Gasteiger partial charge in [0.05, 0.1) is 0 Å². The number of nitrogens with one attached hydrogen (secondary N) is 2. The number of benzene rings is 1. The van der Waals surface area contributed by atoms with Gasteiger partial charge in [-0.05, 0) is 49.7 Å². The molecule has 1 amide bonds. The van der Waals surface area contributed by atoms with Gasteiger partial charge in [0.2, 0.25) is 0 Å². The minimum atomic E-state index is -0.170. The molecule has 1 saturated carbocycles. The standard InChI is InChI=1S/C14H17BrN2OS/c1-9-6-7-10(8-12(9)15)13(18)17-14(19)16-11-4-2-3-5-11/h6-8,11H,2-5H2,1H3,(H2,16,17,18,19). The fourth-order valence-electron chi connectivity index (χ4n) is 2.20. The van der Waals surface area contributed by atoms with Crippen LogP contribution >= 0.6 is 28.1 Å². The average Bonchev–Trinajstić information content (AvgIpc) is 2.85. The summed E-state index contributed by atoms with van der Waals surface area (Å²) in [7, 11) is 0. The molecule has 0 aliphatic heterocycles. The van der Waals surface area contributed by atoms with Crippen LogP contribution in [-0.4, -0.2) is 17.1 Å². The van der Waals surface area contributed by atoms with Crippen LogP contribution in [0.1, 0.15) is 41.6 Å². The summed E-state index contributed by atoms with van der Waals surface area (Å²) < 4.78 is 0.926. The number of amides is 1. The molecule has 2 N–H and O–H groups in total. The summed E-state index contributed by atoms with van der Waals surface area (Å²) in [6.07, 6.45) is 4.73. The number of carbonyl (C=O) groups is 1. The Labute approximate surface area is 127 Å². The maximum absolute atomic E-state index is 12.0. The maximum atomic E-state index is 12.0. The van der Waals surface area contributed by atoms with E-state index >= 15 is 0 Å². The highest BCUT2D eigenvalue weighted by Gasteiger charge is 2.16. The maximum Gasteiger partial charge on any atom is 0.257 e. The SMILES string of the molecule is Cc1ccc(C(=O)NC(=S)NC2CCCC2)cc1Br. The first-order valence-corrected chi connectivity index (χ1v) is 7.64. The van der Waals surface area contributed by atoms with Gasteiger partial charge in [0.1, 0.15) is 0 Å². The number of halogens is 1. The van der Waals surface area contributed by atoms with Crippen LogP contribution in [0, 0.1) is 6.92 Å². The Morgan fingerprint density at radius 2 is 2.05 bits per heavy atom. The summed E-state index contributed by atoms with van der Waals surface area (Å²) in [5, 5.41) is 6.35. The van der Waals surface area contributed by atoms with Crippen molar-refractivity contribution in [3.63, 3.8) is 0 Å². The van der Waals surface area contributed by atoms with Gasteiger partial charge >= 0.3 is 0 Å². The fourth-order valence-corrected chi connectivity index (χ4v) is 2.84. The van der Waals surface area contributed by atoms with Gasteiger partial charge in [-0.2, -0.15) is 0 Å². The van der Waals surface area contributed by atoms with Crippen molar-refractivity contribution < 1.29 is 4.79 Å². The monoisotopic (exact) mass is 340 g/mol. The van der Waals surface area contributed by atoms with Crippen molar-refractivity contribution in [2.24, 2.45) is 0 Å². The third-order valence-corrected chi connectivity index (χ3v) is 4.43. The number of hydrogen-bond acceptors (Lipinski definition) is 2. The molecule has 0 bridgehead atoms. The van der Waals surface area contributed by atoms with Crippen molar-refractivity contribution in [3.8, 4) is 0 Å². The van der Waals surface area contributed by atoms with Crippen LogP contribution in [-0.2, 0) is 0 Å². The third kappa shape index (κ3) is 4.01. The molecule has 0 spiro atoms. The smallest absolute Gasteiger partial charge is 0.257 e. The number of hydrogen-bond donors (Lipinski definition) is 2. The van der Waals surface area contributed by atoms with E-state index in [1.54, 1.807) is 6.07 Å². The molecule has 1 aliphatic carbocycles. The lowest BCUT2D eigenvalue weighted by atomic mass is 10.1. The molecule has 0 atom stereocenters. The van der Waals surface area contributed by atoms with Crippen molar-refractivity contribution in [2.45, 2.75) is 38.6 Å². The van der Waals surface area contributed by atoms with E-state index in [1.807, 2.05) is 19.1 Å². The molecular weight excluding hydrogens is 324 g/mol. The summed E-state index contributed by atoms with van der Waals surface area (Å²) in [5.41, 5.74) is 1.70. The number of rotatable bonds is 2. The van der Waals surface area contributed by atoms with E-state index in [1.165, 1.54) is 12.8 Å². The molecule has 102 valence electrons. The zero-order valence-electron chi connectivity index (χ0n) is 10.8. The van der Waals surface area contributed by atoms with Gasteiger partial charge in [-0.3, -0.25) is 10.1 Å². The van der Waals surface area contributed by atoms with Gasteiger partial charge in [-0.1, -0.05) is 34.8 Å². The number of thiocarbonyl (C=S) groups is 1. The van der Waals surface area contributed by atoms with Crippen LogP contribution in [0.5, 0.6) is 0 Å². The topological polar surface area (TPSA) is 41.1 Å². The molecule has 1 fully saturated rings. The van der Waals surface area contributed by atoms with Crippen LogP contribution in [0.4, 0.5) is 0 Å². The predicted octanol–water partition coefficient (Wildman–Crippen LogP) is 3.30.